The fourth-order valence-electron chi connectivity index (χ4n) is 3.06. The van der Waals surface area contributed by atoms with E-state index in [-0.39, 0.29) is 16.9 Å². The van der Waals surface area contributed by atoms with Gasteiger partial charge in [0.15, 0.2) is 5.11 Å². The number of carbonyl (C=O) groups excluding carboxylic acids is 2. The van der Waals surface area contributed by atoms with E-state index in [0.717, 1.165) is 11.3 Å². The van der Waals surface area contributed by atoms with Crippen LogP contribution in [0.2, 0.25) is 0 Å². The zero-order chi connectivity index (χ0) is 21.5. The lowest BCUT2D eigenvalue weighted by Crippen LogP contribution is -2.34. The molecule has 3 rings (SSSR count). The van der Waals surface area contributed by atoms with Crippen LogP contribution in [-0.2, 0) is 0 Å². The van der Waals surface area contributed by atoms with Crippen molar-refractivity contribution in [1.29, 1.82) is 0 Å². The molecule has 152 valence electrons. The highest BCUT2D eigenvalue weighted by Gasteiger charge is 2.16. The summed E-state index contributed by atoms with van der Waals surface area (Å²) in [7, 11) is 0. The van der Waals surface area contributed by atoms with Gasteiger partial charge >= 0.3 is 0 Å². The summed E-state index contributed by atoms with van der Waals surface area (Å²) in [4.78, 5) is 27.1. The Morgan fingerprint density at radius 1 is 0.900 bits per heavy atom. The van der Waals surface area contributed by atoms with Gasteiger partial charge in [0.2, 0.25) is 0 Å². The first-order valence-corrected chi connectivity index (χ1v) is 10.0. The first kappa shape index (κ1) is 21.2. The van der Waals surface area contributed by atoms with Crippen molar-refractivity contribution in [2.45, 2.75) is 13.8 Å². The fraction of sp³-hybridized carbons (Fsp3) is 0.125. The molecule has 2 N–H and O–H groups in total. The van der Waals surface area contributed by atoms with Gasteiger partial charge in [0.1, 0.15) is 0 Å². The Bertz CT molecular complexity index is 1070. The number of para-hydroxylation sites is 1. The first-order chi connectivity index (χ1) is 14.5. The van der Waals surface area contributed by atoms with E-state index in [2.05, 4.69) is 10.6 Å². The number of hydrogen-bond acceptors (Lipinski definition) is 3. The van der Waals surface area contributed by atoms with Gasteiger partial charge in [0.25, 0.3) is 11.8 Å². The lowest BCUT2D eigenvalue weighted by Gasteiger charge is -2.21. The predicted octanol–water partition coefficient (Wildman–Crippen LogP) is 4.79. The quantitative estimate of drug-likeness (QED) is 0.586. The Balaban J connectivity index is 1.69. The molecule has 2 amide bonds. The summed E-state index contributed by atoms with van der Waals surface area (Å²) in [6, 6.07) is 23.8. The second kappa shape index (κ2) is 9.80. The lowest BCUT2D eigenvalue weighted by atomic mass is 10.1. The molecule has 3 aromatic carbocycles. The van der Waals surface area contributed by atoms with Crippen molar-refractivity contribution in [3.63, 3.8) is 0 Å². The van der Waals surface area contributed by atoms with Crippen molar-refractivity contribution >= 4 is 40.5 Å². The summed E-state index contributed by atoms with van der Waals surface area (Å²) in [5.74, 6) is -0.397. The molecule has 0 fully saturated rings. The number of anilines is 2. The van der Waals surface area contributed by atoms with Gasteiger partial charge < -0.3 is 10.2 Å². The molecule has 0 aliphatic heterocycles. The van der Waals surface area contributed by atoms with Crippen LogP contribution in [-0.4, -0.2) is 23.5 Å². The summed E-state index contributed by atoms with van der Waals surface area (Å²) in [6.07, 6.45) is 0. The van der Waals surface area contributed by atoms with E-state index in [9.17, 15) is 9.59 Å². The van der Waals surface area contributed by atoms with Crippen molar-refractivity contribution in [3.05, 3.63) is 95.6 Å². The molecule has 6 heteroatoms. The van der Waals surface area contributed by atoms with Gasteiger partial charge in [-0.1, -0.05) is 42.0 Å². The second-order valence-corrected chi connectivity index (χ2v) is 7.15. The Morgan fingerprint density at radius 2 is 1.60 bits per heavy atom. The van der Waals surface area contributed by atoms with E-state index in [4.69, 9.17) is 12.2 Å². The molecular formula is C24H23N3O2S. The van der Waals surface area contributed by atoms with Crippen LogP contribution < -0.4 is 15.5 Å². The molecule has 0 spiro atoms. The van der Waals surface area contributed by atoms with Gasteiger partial charge in [-0.3, -0.25) is 14.9 Å². The molecule has 0 radical (unpaired) electrons. The number of aryl methyl sites for hydroxylation is 1. The number of nitrogens with zero attached hydrogens (tertiary/aromatic N) is 1. The molecule has 0 aliphatic rings. The van der Waals surface area contributed by atoms with Gasteiger partial charge in [-0.15, -0.1) is 0 Å². The van der Waals surface area contributed by atoms with E-state index in [0.29, 0.717) is 23.4 Å². The summed E-state index contributed by atoms with van der Waals surface area (Å²) in [6.45, 7) is 4.40. The molecule has 0 saturated carbocycles. The lowest BCUT2D eigenvalue weighted by molar-refractivity contribution is 0.0973. The van der Waals surface area contributed by atoms with Crippen LogP contribution in [0.4, 0.5) is 11.4 Å². The number of benzene rings is 3. The number of hydrogen-bond donors (Lipinski definition) is 2. The van der Waals surface area contributed by atoms with Crippen molar-refractivity contribution in [1.82, 2.24) is 5.32 Å². The highest BCUT2D eigenvalue weighted by Crippen LogP contribution is 2.19. The minimum Gasteiger partial charge on any atom is -0.332 e. The molecule has 3 aromatic rings. The summed E-state index contributed by atoms with van der Waals surface area (Å²) < 4.78 is 0. The van der Waals surface area contributed by atoms with Gasteiger partial charge in [0.05, 0.1) is 0 Å². The second-order valence-electron chi connectivity index (χ2n) is 6.74. The van der Waals surface area contributed by atoms with Crippen LogP contribution in [0.5, 0.6) is 0 Å². The smallest absolute Gasteiger partial charge is 0.258 e. The number of nitrogens with one attached hydrogen (secondary N) is 2. The standard InChI is InChI=1S/C24H23N3O2S/c1-3-27(21-13-5-4-6-14-21)23(29)19-11-8-12-20(16-19)25-24(30)26-22(28)18-10-7-9-17(2)15-18/h4-16H,3H2,1-2H3,(H2,25,26,28,30). The van der Waals surface area contributed by atoms with E-state index >= 15 is 0 Å². The number of rotatable bonds is 5. The molecule has 0 aromatic heterocycles. The van der Waals surface area contributed by atoms with Crippen molar-refractivity contribution < 1.29 is 9.59 Å². The van der Waals surface area contributed by atoms with Crippen molar-refractivity contribution in [2.24, 2.45) is 0 Å². The molecule has 0 heterocycles. The maximum Gasteiger partial charge on any atom is 0.258 e. The fourth-order valence-corrected chi connectivity index (χ4v) is 3.27. The Kier molecular flexibility index (Phi) is 6.93. The van der Waals surface area contributed by atoms with Gasteiger partial charge in [-0.2, -0.15) is 0 Å². The largest absolute Gasteiger partial charge is 0.332 e. The van der Waals surface area contributed by atoms with Crippen LogP contribution in [0.1, 0.15) is 33.2 Å². The average molecular weight is 418 g/mol. The molecule has 0 aliphatic carbocycles. The summed E-state index contributed by atoms with van der Waals surface area (Å²) >= 11 is 5.27. The first-order valence-electron chi connectivity index (χ1n) is 9.64. The van der Waals surface area contributed by atoms with Gasteiger partial charge in [0, 0.05) is 29.0 Å². The van der Waals surface area contributed by atoms with E-state index in [1.165, 1.54) is 0 Å². The topological polar surface area (TPSA) is 61.4 Å². The Hall–Kier alpha value is -3.51. The average Bonchev–Trinajstić information content (AvgIpc) is 2.75. The molecule has 5 nitrogen and oxygen atoms in total. The summed E-state index contributed by atoms with van der Waals surface area (Å²) in [5.41, 5.74) is 3.51. The third kappa shape index (κ3) is 5.30. The van der Waals surface area contributed by atoms with Crippen LogP contribution in [0.15, 0.2) is 78.9 Å². The van der Waals surface area contributed by atoms with Crippen LogP contribution >= 0.6 is 12.2 Å². The molecule has 0 atom stereocenters. The molecule has 30 heavy (non-hydrogen) atoms. The van der Waals surface area contributed by atoms with Crippen LogP contribution in [0.25, 0.3) is 0 Å². The normalized spacial score (nSPS) is 10.2. The van der Waals surface area contributed by atoms with Gasteiger partial charge in [-0.05, 0) is 68.5 Å². The van der Waals surface area contributed by atoms with E-state index < -0.39 is 0 Å². The number of carbonyl (C=O) groups is 2. The predicted molar refractivity (Wildman–Crippen MR) is 125 cm³/mol. The molecular weight excluding hydrogens is 394 g/mol. The monoisotopic (exact) mass is 417 g/mol. The van der Waals surface area contributed by atoms with Gasteiger partial charge in [-0.25, -0.2) is 0 Å². The molecule has 0 bridgehead atoms. The maximum absolute atomic E-state index is 13.0. The Labute approximate surface area is 181 Å². The molecule has 0 unspecified atom stereocenters. The summed E-state index contributed by atoms with van der Waals surface area (Å²) in [5, 5.41) is 5.81. The highest BCUT2D eigenvalue weighted by molar-refractivity contribution is 7.80. The van der Waals surface area contributed by atoms with Crippen molar-refractivity contribution in [2.75, 3.05) is 16.8 Å². The minimum atomic E-state index is -0.287. The zero-order valence-corrected chi connectivity index (χ0v) is 17.7. The van der Waals surface area contributed by atoms with Crippen LogP contribution in [0.3, 0.4) is 0 Å². The zero-order valence-electron chi connectivity index (χ0n) is 16.9. The molecule has 0 saturated heterocycles. The Morgan fingerprint density at radius 3 is 2.30 bits per heavy atom. The SMILES string of the molecule is CCN(C(=O)c1cccc(NC(=S)NC(=O)c2cccc(C)c2)c1)c1ccccc1. The van der Waals surface area contributed by atoms with Crippen LogP contribution in [0, 0.1) is 6.92 Å². The van der Waals surface area contributed by atoms with E-state index in [1.54, 1.807) is 41.3 Å². The van der Waals surface area contributed by atoms with E-state index in [1.807, 2.05) is 56.3 Å². The third-order valence-corrected chi connectivity index (χ3v) is 4.71. The highest BCUT2D eigenvalue weighted by atomic mass is 32.1. The third-order valence-electron chi connectivity index (χ3n) is 4.50. The maximum atomic E-state index is 13.0. The number of thiocarbonyl (C=S) groups is 1. The number of amides is 2. The van der Waals surface area contributed by atoms with Crippen molar-refractivity contribution in [3.8, 4) is 0 Å². The minimum absolute atomic E-state index is 0.109.